The van der Waals surface area contributed by atoms with Crippen LogP contribution in [0.3, 0.4) is 0 Å². The van der Waals surface area contributed by atoms with Crippen LogP contribution in [-0.4, -0.2) is 18.4 Å². The molecule has 23 heavy (non-hydrogen) atoms. The minimum Gasteiger partial charge on any atom is -0.486 e. The van der Waals surface area contributed by atoms with Crippen LogP contribution in [0.25, 0.3) is 11.3 Å². The van der Waals surface area contributed by atoms with Crippen LogP contribution >= 0.6 is 11.8 Å². The first-order chi connectivity index (χ1) is 11.4. The fourth-order valence-corrected chi connectivity index (χ4v) is 3.19. The zero-order valence-electron chi connectivity index (χ0n) is 12.4. The van der Waals surface area contributed by atoms with E-state index >= 15 is 0 Å². The first-order valence-electron chi connectivity index (χ1n) is 7.42. The zero-order chi connectivity index (χ0) is 15.5. The van der Waals surface area contributed by atoms with Crippen LogP contribution in [0.4, 0.5) is 0 Å². The Bertz CT molecular complexity index is 801. The first-order valence-corrected chi connectivity index (χ1v) is 8.40. The predicted octanol–water partition coefficient (Wildman–Crippen LogP) is 4.41. The van der Waals surface area contributed by atoms with Crippen LogP contribution in [0, 0.1) is 0 Å². The van der Waals surface area contributed by atoms with Crippen LogP contribution in [0.1, 0.15) is 5.69 Å². The lowest BCUT2D eigenvalue weighted by molar-refractivity contribution is 0.171. The Morgan fingerprint density at radius 1 is 0.913 bits per heavy atom. The summed E-state index contributed by atoms with van der Waals surface area (Å²) in [6, 6.07) is 18.0. The molecule has 0 spiro atoms. The van der Waals surface area contributed by atoms with E-state index < -0.39 is 0 Å². The second-order valence-corrected chi connectivity index (χ2v) is 6.19. The standard InChI is InChI=1S/C18H15NO3S/c1-2-4-13(5-3-1)17-10-14(19-22-17)12-23-15-6-7-16-18(11-15)21-9-8-20-16/h1-7,10-11H,8-9,12H2. The summed E-state index contributed by atoms with van der Waals surface area (Å²) in [6.07, 6.45) is 0. The summed E-state index contributed by atoms with van der Waals surface area (Å²) >= 11 is 1.70. The molecule has 0 aliphatic carbocycles. The average Bonchev–Trinajstić information content (AvgIpc) is 3.10. The quantitative estimate of drug-likeness (QED) is 0.665. The van der Waals surface area contributed by atoms with E-state index in [1.165, 1.54) is 0 Å². The van der Waals surface area contributed by atoms with E-state index in [0.717, 1.165) is 39.2 Å². The molecule has 0 amide bonds. The molecule has 2 aromatic carbocycles. The summed E-state index contributed by atoms with van der Waals surface area (Å²) in [5, 5.41) is 4.14. The highest BCUT2D eigenvalue weighted by molar-refractivity contribution is 7.98. The minimum absolute atomic E-state index is 0.602. The van der Waals surface area contributed by atoms with Crippen molar-refractivity contribution in [1.82, 2.24) is 5.16 Å². The van der Waals surface area contributed by atoms with Gasteiger partial charge in [-0.2, -0.15) is 0 Å². The first kappa shape index (κ1) is 14.2. The molecule has 1 aliphatic heterocycles. The highest BCUT2D eigenvalue weighted by Gasteiger charge is 2.12. The van der Waals surface area contributed by atoms with Crippen LogP contribution in [0.5, 0.6) is 11.5 Å². The molecule has 0 fully saturated rings. The van der Waals surface area contributed by atoms with Gasteiger partial charge in [-0.15, -0.1) is 11.8 Å². The fourth-order valence-electron chi connectivity index (χ4n) is 2.39. The molecule has 1 aromatic heterocycles. The van der Waals surface area contributed by atoms with Gasteiger partial charge >= 0.3 is 0 Å². The third-order valence-corrected chi connectivity index (χ3v) is 4.54. The van der Waals surface area contributed by atoms with Crippen molar-refractivity contribution >= 4 is 11.8 Å². The molecule has 0 bridgehead atoms. The monoisotopic (exact) mass is 325 g/mol. The van der Waals surface area contributed by atoms with Gasteiger partial charge in [0.25, 0.3) is 0 Å². The molecule has 5 heteroatoms. The summed E-state index contributed by atoms with van der Waals surface area (Å²) in [6.45, 7) is 1.21. The van der Waals surface area contributed by atoms with Gasteiger partial charge in [-0.3, -0.25) is 0 Å². The van der Waals surface area contributed by atoms with Crippen molar-refractivity contribution in [2.45, 2.75) is 10.6 Å². The van der Waals surface area contributed by atoms with Gasteiger partial charge in [-0.1, -0.05) is 35.5 Å². The van der Waals surface area contributed by atoms with Gasteiger partial charge < -0.3 is 14.0 Å². The van der Waals surface area contributed by atoms with Crippen molar-refractivity contribution in [1.29, 1.82) is 0 Å². The van der Waals surface area contributed by atoms with E-state index in [2.05, 4.69) is 5.16 Å². The summed E-state index contributed by atoms with van der Waals surface area (Å²) in [7, 11) is 0. The van der Waals surface area contributed by atoms with Crippen LogP contribution in [-0.2, 0) is 5.75 Å². The Labute approximate surface area is 138 Å². The van der Waals surface area contributed by atoms with E-state index in [9.17, 15) is 0 Å². The third-order valence-electron chi connectivity index (χ3n) is 3.52. The lowest BCUT2D eigenvalue weighted by Gasteiger charge is -2.18. The molecule has 1 aliphatic rings. The van der Waals surface area contributed by atoms with E-state index in [0.29, 0.717) is 13.2 Å². The van der Waals surface area contributed by atoms with Crippen molar-refractivity contribution in [3.63, 3.8) is 0 Å². The minimum atomic E-state index is 0.602. The highest BCUT2D eigenvalue weighted by atomic mass is 32.2. The molecule has 3 aromatic rings. The summed E-state index contributed by atoms with van der Waals surface area (Å²) in [5.41, 5.74) is 1.96. The molecule has 2 heterocycles. The van der Waals surface area contributed by atoms with E-state index in [4.69, 9.17) is 14.0 Å². The van der Waals surface area contributed by atoms with Crippen LogP contribution < -0.4 is 9.47 Å². The molecule has 0 radical (unpaired) electrons. The molecule has 0 saturated carbocycles. The maximum Gasteiger partial charge on any atom is 0.167 e. The second-order valence-electron chi connectivity index (χ2n) is 5.14. The Morgan fingerprint density at radius 2 is 1.74 bits per heavy atom. The molecule has 4 rings (SSSR count). The molecular formula is C18H15NO3S. The Balaban J connectivity index is 1.44. The Morgan fingerprint density at radius 3 is 2.61 bits per heavy atom. The normalized spacial score (nSPS) is 13.0. The van der Waals surface area contributed by atoms with Gasteiger partial charge in [0, 0.05) is 22.3 Å². The molecule has 116 valence electrons. The lowest BCUT2D eigenvalue weighted by Crippen LogP contribution is -2.15. The number of hydrogen-bond donors (Lipinski definition) is 0. The predicted molar refractivity (Wildman–Crippen MR) is 88.9 cm³/mol. The van der Waals surface area contributed by atoms with Gasteiger partial charge in [-0.25, -0.2) is 0 Å². The van der Waals surface area contributed by atoms with Crippen molar-refractivity contribution < 1.29 is 14.0 Å². The summed E-state index contributed by atoms with van der Waals surface area (Å²) in [5.74, 6) is 3.17. The number of rotatable bonds is 4. The van der Waals surface area contributed by atoms with Gasteiger partial charge in [0.15, 0.2) is 17.3 Å². The fraction of sp³-hybridized carbons (Fsp3) is 0.167. The number of aromatic nitrogens is 1. The van der Waals surface area contributed by atoms with Gasteiger partial charge in [0.2, 0.25) is 0 Å². The van der Waals surface area contributed by atoms with Gasteiger partial charge in [0.1, 0.15) is 13.2 Å². The number of fused-ring (bicyclic) bond motifs is 1. The molecular weight excluding hydrogens is 310 g/mol. The van der Waals surface area contributed by atoms with E-state index in [1.54, 1.807) is 11.8 Å². The molecule has 4 nitrogen and oxygen atoms in total. The molecule has 0 N–H and O–H groups in total. The largest absolute Gasteiger partial charge is 0.486 e. The number of thioether (sulfide) groups is 1. The van der Waals surface area contributed by atoms with E-state index in [1.807, 2.05) is 54.6 Å². The molecule has 0 atom stereocenters. The highest BCUT2D eigenvalue weighted by Crippen LogP contribution is 2.35. The van der Waals surface area contributed by atoms with Crippen molar-refractivity contribution in [2.24, 2.45) is 0 Å². The number of hydrogen-bond acceptors (Lipinski definition) is 5. The maximum absolute atomic E-state index is 5.61. The Kier molecular flexibility index (Phi) is 3.94. The average molecular weight is 325 g/mol. The van der Waals surface area contributed by atoms with Crippen molar-refractivity contribution in [3.8, 4) is 22.8 Å². The van der Waals surface area contributed by atoms with Gasteiger partial charge in [-0.05, 0) is 18.2 Å². The van der Waals surface area contributed by atoms with Crippen molar-refractivity contribution in [3.05, 3.63) is 60.3 Å². The second kappa shape index (κ2) is 6.38. The summed E-state index contributed by atoms with van der Waals surface area (Å²) < 4.78 is 16.6. The zero-order valence-corrected chi connectivity index (χ0v) is 13.2. The molecule has 0 unspecified atom stereocenters. The topological polar surface area (TPSA) is 44.5 Å². The number of ether oxygens (including phenoxy) is 2. The van der Waals surface area contributed by atoms with E-state index in [-0.39, 0.29) is 0 Å². The smallest absolute Gasteiger partial charge is 0.167 e. The van der Waals surface area contributed by atoms with Crippen LogP contribution in [0.15, 0.2) is 64.0 Å². The number of nitrogens with zero attached hydrogens (tertiary/aromatic N) is 1. The summed E-state index contributed by atoms with van der Waals surface area (Å²) in [4.78, 5) is 1.12. The third kappa shape index (κ3) is 3.19. The number of benzene rings is 2. The molecule has 0 saturated heterocycles. The lowest BCUT2D eigenvalue weighted by atomic mass is 10.2. The van der Waals surface area contributed by atoms with Crippen LogP contribution in [0.2, 0.25) is 0 Å². The SMILES string of the molecule is c1ccc(-c2cc(CSc3ccc4c(c3)OCCO4)no2)cc1. The maximum atomic E-state index is 5.61. The Hall–Kier alpha value is -2.40. The van der Waals surface area contributed by atoms with Crippen molar-refractivity contribution in [2.75, 3.05) is 13.2 Å². The van der Waals surface area contributed by atoms with Gasteiger partial charge in [0.05, 0.1) is 5.69 Å².